The number of ether oxygens (including phenoxy) is 1. The lowest BCUT2D eigenvalue weighted by molar-refractivity contribution is 0.401. The number of aromatic hydroxyl groups is 1. The summed E-state index contributed by atoms with van der Waals surface area (Å²) in [5.41, 5.74) is 4.23. The van der Waals surface area contributed by atoms with Gasteiger partial charge in [-0.25, -0.2) is 9.07 Å². The molecule has 0 amide bonds. The maximum atomic E-state index is 13.5. The van der Waals surface area contributed by atoms with Crippen molar-refractivity contribution < 1.29 is 18.8 Å². The van der Waals surface area contributed by atoms with Crippen molar-refractivity contribution in [3.63, 3.8) is 0 Å². The van der Waals surface area contributed by atoms with Crippen LogP contribution in [0.15, 0.2) is 89.6 Å². The summed E-state index contributed by atoms with van der Waals surface area (Å²) in [6.45, 7) is 0. The van der Waals surface area contributed by atoms with Crippen LogP contribution in [0.25, 0.3) is 39.5 Å². The minimum atomic E-state index is -0.319. The second kappa shape index (κ2) is 8.03. The van der Waals surface area contributed by atoms with E-state index in [0.29, 0.717) is 28.5 Å². The number of hydrogen-bond acceptors (Lipinski definition) is 5. The number of phenolic OH excluding ortho intramolecular Hbond substituents is 1. The van der Waals surface area contributed by atoms with E-state index < -0.39 is 0 Å². The summed E-state index contributed by atoms with van der Waals surface area (Å²) in [5, 5.41) is 18.7. The first-order chi connectivity index (χ1) is 15.6. The molecule has 0 fully saturated rings. The van der Waals surface area contributed by atoms with E-state index in [1.807, 2.05) is 36.5 Å². The number of rotatable bonds is 5. The van der Waals surface area contributed by atoms with Crippen LogP contribution in [0.5, 0.6) is 11.5 Å². The minimum Gasteiger partial charge on any atom is -0.508 e. The van der Waals surface area contributed by atoms with E-state index in [2.05, 4.69) is 5.16 Å². The molecule has 0 saturated carbocycles. The minimum absolute atomic E-state index is 0.0908. The smallest absolute Gasteiger partial charge is 0.171 e. The van der Waals surface area contributed by atoms with Gasteiger partial charge in [0.15, 0.2) is 5.76 Å². The van der Waals surface area contributed by atoms with Crippen LogP contribution in [0.2, 0.25) is 0 Å². The van der Waals surface area contributed by atoms with Crippen LogP contribution in [0.4, 0.5) is 4.39 Å². The van der Waals surface area contributed by atoms with Gasteiger partial charge in [-0.15, -0.1) is 0 Å². The molecule has 0 saturated heterocycles. The molecule has 5 rings (SSSR count). The first kappa shape index (κ1) is 19.6. The fourth-order valence-corrected chi connectivity index (χ4v) is 3.51. The zero-order chi connectivity index (χ0) is 22.1. The van der Waals surface area contributed by atoms with Gasteiger partial charge in [0.05, 0.1) is 23.9 Å². The molecule has 2 heterocycles. The number of hydrogen-bond donors (Lipinski definition) is 1. The third-order valence-electron chi connectivity index (χ3n) is 5.09. The van der Waals surface area contributed by atoms with Crippen LogP contribution in [-0.4, -0.2) is 27.2 Å². The Bertz CT molecular complexity index is 1380. The molecule has 0 bridgehead atoms. The first-order valence-electron chi connectivity index (χ1n) is 9.88. The average molecular weight is 427 g/mol. The number of methoxy groups -OCH3 is 1. The number of halogens is 1. The van der Waals surface area contributed by atoms with E-state index in [1.54, 1.807) is 35.0 Å². The van der Waals surface area contributed by atoms with Crippen LogP contribution in [0.1, 0.15) is 0 Å². The second-order valence-corrected chi connectivity index (χ2v) is 7.14. The molecule has 0 spiro atoms. The molecular formula is C25H18FN3O3. The van der Waals surface area contributed by atoms with Crippen molar-refractivity contribution in [1.29, 1.82) is 0 Å². The molecule has 7 heteroatoms. The normalized spacial score (nSPS) is 10.9. The molecule has 5 aromatic rings. The summed E-state index contributed by atoms with van der Waals surface area (Å²) in [4.78, 5) is 0. The molecule has 0 unspecified atom stereocenters. The highest BCUT2D eigenvalue weighted by Crippen LogP contribution is 2.37. The van der Waals surface area contributed by atoms with Crippen molar-refractivity contribution in [2.75, 3.05) is 7.11 Å². The van der Waals surface area contributed by atoms with Crippen molar-refractivity contribution in [2.45, 2.75) is 0 Å². The Labute approximate surface area is 183 Å². The van der Waals surface area contributed by atoms with Crippen LogP contribution in [0, 0.1) is 5.82 Å². The molecule has 32 heavy (non-hydrogen) atoms. The third-order valence-corrected chi connectivity index (χ3v) is 5.09. The Morgan fingerprint density at radius 1 is 0.938 bits per heavy atom. The van der Waals surface area contributed by atoms with Gasteiger partial charge in [0.1, 0.15) is 28.7 Å². The standard InChI is InChI=1S/C25H18FN3O3/c1-31-23-13-19(30)11-12-20(23)24-14-22(28-32-24)21-15-29(18-5-3-2-4-6-18)27-25(21)16-7-9-17(26)10-8-16/h2-15,30H,1H3. The van der Waals surface area contributed by atoms with Crippen molar-refractivity contribution in [3.8, 4) is 51.0 Å². The second-order valence-electron chi connectivity index (χ2n) is 7.14. The monoisotopic (exact) mass is 427 g/mol. The Hall–Kier alpha value is -4.39. The molecule has 0 radical (unpaired) electrons. The summed E-state index contributed by atoms with van der Waals surface area (Å²) < 4.78 is 26.2. The van der Waals surface area contributed by atoms with Gasteiger partial charge in [0.25, 0.3) is 0 Å². The summed E-state index contributed by atoms with van der Waals surface area (Å²) in [6, 6.07) is 22.4. The molecule has 158 valence electrons. The van der Waals surface area contributed by atoms with Gasteiger partial charge in [-0.1, -0.05) is 23.4 Å². The fourth-order valence-electron chi connectivity index (χ4n) is 3.51. The molecular weight excluding hydrogens is 409 g/mol. The third kappa shape index (κ3) is 3.60. The zero-order valence-electron chi connectivity index (χ0n) is 17.1. The van der Waals surface area contributed by atoms with E-state index in [0.717, 1.165) is 16.8 Å². The number of nitrogens with zero attached hydrogens (tertiary/aromatic N) is 3. The maximum Gasteiger partial charge on any atom is 0.171 e. The van der Waals surface area contributed by atoms with E-state index in [9.17, 15) is 9.50 Å². The van der Waals surface area contributed by atoms with E-state index >= 15 is 0 Å². The van der Waals surface area contributed by atoms with Crippen molar-refractivity contribution in [1.82, 2.24) is 14.9 Å². The number of aromatic nitrogens is 3. The molecule has 6 nitrogen and oxygen atoms in total. The van der Waals surface area contributed by atoms with Gasteiger partial charge in [0, 0.05) is 23.9 Å². The van der Waals surface area contributed by atoms with Crippen molar-refractivity contribution in [2.24, 2.45) is 0 Å². The van der Waals surface area contributed by atoms with Gasteiger partial charge in [-0.2, -0.15) is 5.10 Å². The van der Waals surface area contributed by atoms with Crippen molar-refractivity contribution >= 4 is 0 Å². The highest BCUT2D eigenvalue weighted by molar-refractivity contribution is 5.81. The number of benzene rings is 3. The average Bonchev–Trinajstić information content (AvgIpc) is 3.48. The molecule has 3 aromatic carbocycles. The quantitative estimate of drug-likeness (QED) is 0.389. The zero-order valence-corrected chi connectivity index (χ0v) is 17.1. The van der Waals surface area contributed by atoms with Crippen LogP contribution < -0.4 is 4.74 Å². The molecule has 0 aliphatic rings. The lowest BCUT2D eigenvalue weighted by Crippen LogP contribution is -1.94. The fraction of sp³-hybridized carbons (Fsp3) is 0.0400. The summed E-state index contributed by atoms with van der Waals surface area (Å²) in [7, 11) is 1.52. The Kier molecular flexibility index (Phi) is 4.91. The number of para-hydroxylation sites is 1. The largest absolute Gasteiger partial charge is 0.508 e. The lowest BCUT2D eigenvalue weighted by atomic mass is 10.0. The van der Waals surface area contributed by atoms with Gasteiger partial charge in [-0.3, -0.25) is 0 Å². The number of phenols is 1. The predicted molar refractivity (Wildman–Crippen MR) is 118 cm³/mol. The molecule has 2 aromatic heterocycles. The van der Waals surface area contributed by atoms with Gasteiger partial charge in [-0.05, 0) is 48.5 Å². The molecule has 0 aliphatic carbocycles. The predicted octanol–water partition coefficient (Wildman–Crippen LogP) is 5.71. The lowest BCUT2D eigenvalue weighted by Gasteiger charge is -2.05. The summed E-state index contributed by atoms with van der Waals surface area (Å²) >= 11 is 0. The summed E-state index contributed by atoms with van der Waals surface area (Å²) in [5.74, 6) is 0.717. The van der Waals surface area contributed by atoms with Gasteiger partial charge >= 0.3 is 0 Å². The van der Waals surface area contributed by atoms with E-state index in [4.69, 9.17) is 14.4 Å². The Morgan fingerprint density at radius 2 is 1.72 bits per heavy atom. The van der Waals surface area contributed by atoms with E-state index in [-0.39, 0.29) is 11.6 Å². The molecule has 0 atom stereocenters. The van der Waals surface area contributed by atoms with Gasteiger partial charge < -0.3 is 14.4 Å². The highest BCUT2D eigenvalue weighted by Gasteiger charge is 2.20. The Balaban J connectivity index is 1.63. The molecule has 0 aliphatic heterocycles. The Morgan fingerprint density at radius 3 is 2.47 bits per heavy atom. The topological polar surface area (TPSA) is 73.3 Å². The SMILES string of the molecule is COc1cc(O)ccc1-c1cc(-c2cn(-c3ccccc3)nc2-c2ccc(F)cc2)no1. The maximum absolute atomic E-state index is 13.5. The van der Waals surface area contributed by atoms with Crippen LogP contribution >= 0.6 is 0 Å². The highest BCUT2D eigenvalue weighted by atomic mass is 19.1. The molecule has 1 N–H and O–H groups in total. The van der Waals surface area contributed by atoms with Crippen LogP contribution in [-0.2, 0) is 0 Å². The van der Waals surface area contributed by atoms with E-state index in [1.165, 1.54) is 25.3 Å². The first-order valence-corrected chi connectivity index (χ1v) is 9.88. The van der Waals surface area contributed by atoms with Crippen molar-refractivity contribution in [3.05, 3.63) is 90.9 Å². The van der Waals surface area contributed by atoms with Crippen LogP contribution in [0.3, 0.4) is 0 Å². The summed E-state index contributed by atoms with van der Waals surface area (Å²) in [6.07, 6.45) is 1.86. The van der Waals surface area contributed by atoms with Gasteiger partial charge in [0.2, 0.25) is 0 Å².